The number of rotatable bonds is 3. The van der Waals surface area contributed by atoms with Crippen LogP contribution in [0.2, 0.25) is 0 Å². The number of carbonyl (C=O) groups excluding carboxylic acids is 1. The van der Waals surface area contributed by atoms with Crippen LogP contribution in [0.15, 0.2) is 12.3 Å². The molecule has 1 aliphatic carbocycles. The highest BCUT2D eigenvalue weighted by molar-refractivity contribution is 6.03. The highest BCUT2D eigenvalue weighted by atomic mass is 16.2. The number of hydrogen-bond acceptors (Lipinski definition) is 3. The van der Waals surface area contributed by atoms with Gasteiger partial charge in [-0.2, -0.15) is 10.2 Å². The van der Waals surface area contributed by atoms with Crippen molar-refractivity contribution < 1.29 is 4.79 Å². The zero-order valence-electron chi connectivity index (χ0n) is 11.1. The van der Waals surface area contributed by atoms with Gasteiger partial charge < -0.3 is 5.32 Å². The average molecular weight is 259 g/mol. The molecule has 0 bridgehead atoms. The predicted octanol–water partition coefficient (Wildman–Crippen LogP) is 1.97. The van der Waals surface area contributed by atoms with E-state index >= 15 is 0 Å². The summed E-state index contributed by atoms with van der Waals surface area (Å²) in [5.74, 6) is 0.882. The minimum absolute atomic E-state index is 0.145. The summed E-state index contributed by atoms with van der Waals surface area (Å²) in [5, 5.41) is 13.8. The Morgan fingerprint density at radius 2 is 2.32 bits per heavy atom. The molecule has 0 radical (unpaired) electrons. The van der Waals surface area contributed by atoms with Crippen molar-refractivity contribution in [1.29, 1.82) is 0 Å². The topological polar surface area (TPSA) is 75.6 Å². The van der Waals surface area contributed by atoms with Crippen LogP contribution in [0.3, 0.4) is 0 Å². The zero-order valence-corrected chi connectivity index (χ0v) is 11.1. The fourth-order valence-electron chi connectivity index (χ4n) is 2.41. The van der Waals surface area contributed by atoms with Crippen molar-refractivity contribution in [3.05, 3.63) is 29.2 Å². The number of aromatic amines is 1. The van der Waals surface area contributed by atoms with Crippen LogP contribution < -0.4 is 5.32 Å². The van der Waals surface area contributed by atoms with Crippen LogP contribution in [0.4, 0.5) is 5.82 Å². The van der Waals surface area contributed by atoms with Gasteiger partial charge in [0.25, 0.3) is 5.91 Å². The van der Waals surface area contributed by atoms with Crippen LogP contribution in [0.5, 0.6) is 0 Å². The van der Waals surface area contributed by atoms with Crippen molar-refractivity contribution in [3.63, 3.8) is 0 Å². The molecule has 6 heteroatoms. The molecule has 3 rings (SSSR count). The Morgan fingerprint density at radius 1 is 1.53 bits per heavy atom. The largest absolute Gasteiger partial charge is 0.304 e. The molecule has 2 heterocycles. The maximum Gasteiger partial charge on any atom is 0.275 e. The van der Waals surface area contributed by atoms with Crippen molar-refractivity contribution in [2.45, 2.75) is 32.1 Å². The predicted molar refractivity (Wildman–Crippen MR) is 71.1 cm³/mol. The van der Waals surface area contributed by atoms with Crippen molar-refractivity contribution in [2.24, 2.45) is 7.05 Å². The minimum Gasteiger partial charge on any atom is -0.304 e. The fourth-order valence-corrected chi connectivity index (χ4v) is 2.41. The Morgan fingerprint density at radius 3 is 2.89 bits per heavy atom. The van der Waals surface area contributed by atoms with Crippen LogP contribution in [0, 0.1) is 6.92 Å². The van der Waals surface area contributed by atoms with E-state index in [-0.39, 0.29) is 5.91 Å². The Labute approximate surface area is 111 Å². The second-order valence-electron chi connectivity index (χ2n) is 5.09. The monoisotopic (exact) mass is 259 g/mol. The molecule has 1 saturated carbocycles. The van der Waals surface area contributed by atoms with Gasteiger partial charge in [-0.15, -0.1) is 0 Å². The van der Waals surface area contributed by atoms with Crippen LogP contribution in [0.25, 0.3) is 0 Å². The van der Waals surface area contributed by atoms with Crippen LogP contribution >= 0.6 is 0 Å². The molecular formula is C13H17N5O. The molecule has 0 aliphatic heterocycles. The second kappa shape index (κ2) is 4.53. The Kier molecular flexibility index (Phi) is 2.85. The number of nitrogens with zero attached hydrogens (tertiary/aromatic N) is 3. The summed E-state index contributed by atoms with van der Waals surface area (Å²) in [6.07, 6.45) is 5.34. The Bertz CT molecular complexity index is 608. The molecule has 6 nitrogen and oxygen atoms in total. The standard InChI is InChI=1S/C13H17N5O/c1-8-6-11(17-16-8)15-13(19)12-10(7-14-18(12)2)9-4-3-5-9/h6-7,9H,3-5H2,1-2H3,(H2,15,16,17,19). The lowest BCUT2D eigenvalue weighted by Gasteiger charge is -2.25. The first-order chi connectivity index (χ1) is 9.15. The molecule has 0 saturated heterocycles. The summed E-state index contributed by atoms with van der Waals surface area (Å²) in [5.41, 5.74) is 2.61. The van der Waals surface area contributed by atoms with Gasteiger partial charge in [0.1, 0.15) is 5.69 Å². The van der Waals surface area contributed by atoms with Crippen molar-refractivity contribution in [2.75, 3.05) is 5.32 Å². The second-order valence-corrected chi connectivity index (χ2v) is 5.09. The highest BCUT2D eigenvalue weighted by Gasteiger charge is 2.27. The van der Waals surface area contributed by atoms with Gasteiger partial charge in [0.05, 0.1) is 6.20 Å². The van der Waals surface area contributed by atoms with Crippen molar-refractivity contribution in [3.8, 4) is 0 Å². The van der Waals surface area contributed by atoms with E-state index < -0.39 is 0 Å². The van der Waals surface area contributed by atoms with E-state index in [2.05, 4.69) is 20.6 Å². The summed E-state index contributed by atoms with van der Waals surface area (Å²) in [6.45, 7) is 1.90. The van der Waals surface area contributed by atoms with Gasteiger partial charge in [-0.3, -0.25) is 14.6 Å². The summed E-state index contributed by atoms with van der Waals surface area (Å²) >= 11 is 0. The first-order valence-corrected chi connectivity index (χ1v) is 6.50. The molecule has 1 fully saturated rings. The molecule has 19 heavy (non-hydrogen) atoms. The number of nitrogens with one attached hydrogen (secondary N) is 2. The van der Waals surface area contributed by atoms with E-state index in [0.29, 0.717) is 17.4 Å². The lowest BCUT2D eigenvalue weighted by Crippen LogP contribution is -2.20. The van der Waals surface area contributed by atoms with Gasteiger partial charge in [0.15, 0.2) is 5.82 Å². The van der Waals surface area contributed by atoms with E-state index in [4.69, 9.17) is 0 Å². The molecule has 2 aromatic rings. The number of aromatic nitrogens is 4. The van der Waals surface area contributed by atoms with Crippen molar-refractivity contribution >= 4 is 11.7 Å². The molecule has 0 spiro atoms. The maximum atomic E-state index is 12.3. The first-order valence-electron chi connectivity index (χ1n) is 6.50. The van der Waals surface area contributed by atoms with Gasteiger partial charge in [0.2, 0.25) is 0 Å². The SMILES string of the molecule is Cc1cc(NC(=O)c2c(C3CCC3)cnn2C)n[nH]1. The average Bonchev–Trinajstić information content (AvgIpc) is 2.84. The molecule has 0 unspecified atom stereocenters. The van der Waals surface area contributed by atoms with E-state index in [0.717, 1.165) is 24.1 Å². The van der Waals surface area contributed by atoms with Gasteiger partial charge in [0, 0.05) is 24.4 Å². The van der Waals surface area contributed by atoms with E-state index in [1.807, 2.05) is 13.1 Å². The molecule has 1 amide bonds. The number of H-pyrrole nitrogens is 1. The van der Waals surface area contributed by atoms with E-state index in [1.165, 1.54) is 6.42 Å². The Balaban J connectivity index is 1.84. The van der Waals surface area contributed by atoms with Gasteiger partial charge in [-0.1, -0.05) is 6.42 Å². The van der Waals surface area contributed by atoms with Crippen LogP contribution in [-0.2, 0) is 7.05 Å². The van der Waals surface area contributed by atoms with E-state index in [9.17, 15) is 4.79 Å². The Hall–Kier alpha value is -2.11. The lowest BCUT2D eigenvalue weighted by molar-refractivity contribution is 0.101. The zero-order chi connectivity index (χ0) is 13.4. The van der Waals surface area contributed by atoms with Gasteiger partial charge >= 0.3 is 0 Å². The summed E-state index contributed by atoms with van der Waals surface area (Å²) in [7, 11) is 1.80. The number of aryl methyl sites for hydroxylation is 2. The normalized spacial score (nSPS) is 15.3. The third-order valence-corrected chi connectivity index (χ3v) is 3.67. The number of carbonyl (C=O) groups is 1. The summed E-state index contributed by atoms with van der Waals surface area (Å²) in [6, 6.07) is 1.80. The summed E-state index contributed by atoms with van der Waals surface area (Å²) in [4.78, 5) is 12.3. The number of amides is 1. The molecule has 2 aromatic heterocycles. The van der Waals surface area contributed by atoms with Gasteiger partial charge in [-0.25, -0.2) is 0 Å². The number of hydrogen-bond donors (Lipinski definition) is 2. The van der Waals surface area contributed by atoms with Crippen LogP contribution in [0.1, 0.15) is 46.9 Å². The highest BCUT2D eigenvalue weighted by Crippen LogP contribution is 2.37. The fraction of sp³-hybridized carbons (Fsp3) is 0.462. The van der Waals surface area contributed by atoms with Crippen LogP contribution in [-0.4, -0.2) is 25.9 Å². The first kappa shape index (κ1) is 12.0. The maximum absolute atomic E-state index is 12.3. The molecule has 0 aromatic carbocycles. The molecule has 0 atom stereocenters. The molecule has 2 N–H and O–H groups in total. The van der Waals surface area contributed by atoms with Crippen molar-refractivity contribution in [1.82, 2.24) is 20.0 Å². The summed E-state index contributed by atoms with van der Waals surface area (Å²) < 4.78 is 1.64. The minimum atomic E-state index is -0.145. The molecule has 1 aliphatic rings. The quantitative estimate of drug-likeness (QED) is 0.884. The molecular weight excluding hydrogens is 242 g/mol. The molecule has 100 valence electrons. The lowest BCUT2D eigenvalue weighted by atomic mass is 9.80. The van der Waals surface area contributed by atoms with E-state index in [1.54, 1.807) is 17.8 Å². The third-order valence-electron chi connectivity index (χ3n) is 3.67. The number of anilines is 1. The van der Waals surface area contributed by atoms with Gasteiger partial charge in [-0.05, 0) is 25.7 Å². The third kappa shape index (κ3) is 2.14. The smallest absolute Gasteiger partial charge is 0.275 e.